The molecule has 1 saturated heterocycles. The van der Waals surface area contributed by atoms with E-state index in [1.54, 1.807) is 0 Å². The van der Waals surface area contributed by atoms with Crippen molar-refractivity contribution in [2.24, 2.45) is 5.92 Å². The number of halogens is 1. The number of methoxy groups -OCH3 is 1. The summed E-state index contributed by atoms with van der Waals surface area (Å²) in [5.74, 6) is 0.518. The molecule has 0 spiro atoms. The number of rotatable bonds is 4. The van der Waals surface area contributed by atoms with Crippen molar-refractivity contribution >= 4 is 25.2 Å². The van der Waals surface area contributed by atoms with Crippen LogP contribution in [0.3, 0.4) is 0 Å². The number of hydrogen-bond acceptors (Lipinski definition) is 5. The third kappa shape index (κ3) is 6.82. The smallest absolute Gasteiger partial charge is 0.309 e. The van der Waals surface area contributed by atoms with E-state index >= 15 is 0 Å². The Morgan fingerprint density at radius 3 is 2.41 bits per heavy atom. The van der Waals surface area contributed by atoms with Gasteiger partial charge in [-0.1, -0.05) is 31.2 Å². The summed E-state index contributed by atoms with van der Waals surface area (Å²) in [4.78, 5) is 29.9. The van der Waals surface area contributed by atoms with Gasteiger partial charge in [-0.25, -0.2) is 4.39 Å². The fourth-order valence-corrected chi connectivity index (χ4v) is 3.56. The molecular formula is C23H28FNO4. The molecule has 0 saturated carbocycles. The minimum absolute atomic E-state index is 0.207. The van der Waals surface area contributed by atoms with Crippen LogP contribution in [0, 0.1) is 11.7 Å². The molecule has 0 bridgehead atoms. The first-order chi connectivity index (χ1) is 14.1. The third-order valence-corrected chi connectivity index (χ3v) is 5.11. The minimum Gasteiger partial charge on any atom is -0.469 e. The predicted octanol–water partition coefficient (Wildman–Crippen LogP) is 3.80. The zero-order chi connectivity index (χ0) is 21.8. The van der Waals surface area contributed by atoms with Gasteiger partial charge >= 0.3 is 5.97 Å². The monoisotopic (exact) mass is 401 g/mol. The largest absolute Gasteiger partial charge is 0.469 e. The predicted molar refractivity (Wildman–Crippen MR) is 112 cm³/mol. The summed E-state index contributed by atoms with van der Waals surface area (Å²) in [5.41, 5.74) is 3.29. The maximum Gasteiger partial charge on any atom is 0.309 e. The van der Waals surface area contributed by atoms with Crippen molar-refractivity contribution < 1.29 is 23.5 Å². The molecule has 0 N–H and O–H groups in total. The van der Waals surface area contributed by atoms with Crippen LogP contribution in [-0.4, -0.2) is 39.7 Å². The Labute approximate surface area is 171 Å². The first-order valence-electron chi connectivity index (χ1n) is 9.30. The summed E-state index contributed by atoms with van der Waals surface area (Å²) in [6.07, 6.45) is 1.39. The Morgan fingerprint density at radius 1 is 1.14 bits per heavy atom. The minimum atomic E-state index is -0.221. The average molecular weight is 401 g/mol. The Bertz CT molecular complexity index is 764. The van der Waals surface area contributed by atoms with Crippen LogP contribution in [0.25, 0.3) is 0 Å². The average Bonchev–Trinajstić information content (AvgIpc) is 2.77. The lowest BCUT2D eigenvalue weighted by Crippen LogP contribution is -2.38. The molecule has 1 aliphatic rings. The van der Waals surface area contributed by atoms with Gasteiger partial charge in [-0.15, -0.1) is 0 Å². The molecule has 0 aromatic heterocycles. The van der Waals surface area contributed by atoms with Gasteiger partial charge in [0.2, 0.25) is 0 Å². The number of carbonyl (C=O) groups is 3. The number of piperidine rings is 1. The van der Waals surface area contributed by atoms with Gasteiger partial charge in [0.1, 0.15) is 19.4 Å². The first kappa shape index (κ1) is 24.0. The molecule has 156 valence electrons. The summed E-state index contributed by atoms with van der Waals surface area (Å²) in [5, 5.41) is 0. The first-order valence-corrected chi connectivity index (χ1v) is 9.30. The second kappa shape index (κ2) is 12.4. The second-order valence-electron chi connectivity index (χ2n) is 6.79. The van der Waals surface area contributed by atoms with Gasteiger partial charge in [0.15, 0.2) is 0 Å². The standard InChI is InChI=1S/C21H24FNO2.2CH2O/c1-15-10-11-23(19-8-6-18(22)7-9-19)14-20(15)17-5-3-4-16(12-17)13-21(24)25-2;2*1-2/h3-9,12,15,20H,10-11,13-14H2,1-2H3;2*1H2. The lowest BCUT2D eigenvalue weighted by molar-refractivity contribution is -0.139. The van der Waals surface area contributed by atoms with E-state index in [0.29, 0.717) is 18.3 Å². The molecule has 6 heteroatoms. The van der Waals surface area contributed by atoms with E-state index in [1.807, 2.05) is 37.8 Å². The van der Waals surface area contributed by atoms with Gasteiger partial charge < -0.3 is 19.2 Å². The van der Waals surface area contributed by atoms with Gasteiger partial charge in [0, 0.05) is 24.7 Å². The second-order valence-corrected chi connectivity index (χ2v) is 6.79. The summed E-state index contributed by atoms with van der Waals surface area (Å²) in [6, 6.07) is 14.9. The lowest BCUT2D eigenvalue weighted by atomic mass is 9.81. The van der Waals surface area contributed by atoms with E-state index in [1.165, 1.54) is 24.8 Å². The number of ether oxygens (including phenoxy) is 1. The topological polar surface area (TPSA) is 63.7 Å². The molecule has 2 aromatic rings. The van der Waals surface area contributed by atoms with Crippen LogP contribution < -0.4 is 4.90 Å². The van der Waals surface area contributed by atoms with E-state index in [2.05, 4.69) is 24.0 Å². The zero-order valence-corrected chi connectivity index (χ0v) is 17.0. The number of nitrogens with zero attached hydrogens (tertiary/aromatic N) is 1. The zero-order valence-electron chi connectivity index (χ0n) is 17.0. The van der Waals surface area contributed by atoms with Crippen molar-refractivity contribution in [2.45, 2.75) is 25.7 Å². The van der Waals surface area contributed by atoms with Crippen molar-refractivity contribution in [3.05, 3.63) is 65.5 Å². The maximum absolute atomic E-state index is 13.2. The van der Waals surface area contributed by atoms with Gasteiger partial charge in [0.05, 0.1) is 13.5 Å². The number of esters is 1. The molecule has 5 nitrogen and oxygen atoms in total. The van der Waals surface area contributed by atoms with Crippen LogP contribution in [0.1, 0.15) is 30.4 Å². The summed E-state index contributed by atoms with van der Waals surface area (Å²) < 4.78 is 17.9. The molecule has 2 aromatic carbocycles. The highest BCUT2D eigenvalue weighted by Crippen LogP contribution is 2.34. The fourth-order valence-electron chi connectivity index (χ4n) is 3.56. The fraction of sp³-hybridized carbons (Fsp3) is 0.348. The molecule has 29 heavy (non-hydrogen) atoms. The third-order valence-electron chi connectivity index (χ3n) is 5.11. The quantitative estimate of drug-likeness (QED) is 0.729. The van der Waals surface area contributed by atoms with Crippen molar-refractivity contribution in [3.63, 3.8) is 0 Å². The summed E-state index contributed by atoms with van der Waals surface area (Å²) in [7, 11) is 1.41. The highest BCUT2D eigenvalue weighted by Gasteiger charge is 2.28. The Kier molecular flexibility index (Phi) is 10.3. The Balaban J connectivity index is 0.000000989. The summed E-state index contributed by atoms with van der Waals surface area (Å²) >= 11 is 0. The van der Waals surface area contributed by atoms with E-state index in [-0.39, 0.29) is 11.8 Å². The molecule has 2 atom stereocenters. The normalized spacial score (nSPS) is 17.8. The van der Waals surface area contributed by atoms with Crippen molar-refractivity contribution in [1.82, 2.24) is 0 Å². The van der Waals surface area contributed by atoms with Crippen LogP contribution >= 0.6 is 0 Å². The van der Waals surface area contributed by atoms with E-state index in [4.69, 9.17) is 14.3 Å². The van der Waals surface area contributed by atoms with Crippen LogP contribution in [0.2, 0.25) is 0 Å². The Morgan fingerprint density at radius 2 is 1.79 bits per heavy atom. The van der Waals surface area contributed by atoms with Crippen LogP contribution in [0.4, 0.5) is 10.1 Å². The lowest BCUT2D eigenvalue weighted by Gasteiger charge is -2.39. The highest BCUT2D eigenvalue weighted by atomic mass is 19.1. The van der Waals surface area contributed by atoms with Gasteiger partial charge in [-0.2, -0.15) is 0 Å². The molecule has 0 amide bonds. The van der Waals surface area contributed by atoms with Crippen LogP contribution in [-0.2, 0) is 25.5 Å². The number of hydrogen-bond donors (Lipinski definition) is 0. The van der Waals surface area contributed by atoms with Crippen molar-refractivity contribution in [3.8, 4) is 0 Å². The maximum atomic E-state index is 13.2. The van der Waals surface area contributed by atoms with Crippen LogP contribution in [0.5, 0.6) is 0 Å². The number of anilines is 1. The highest BCUT2D eigenvalue weighted by molar-refractivity contribution is 5.72. The number of carbonyl (C=O) groups excluding carboxylic acids is 3. The molecule has 0 aliphatic carbocycles. The van der Waals surface area contributed by atoms with Gasteiger partial charge in [-0.3, -0.25) is 4.79 Å². The molecule has 1 heterocycles. The van der Waals surface area contributed by atoms with Gasteiger partial charge in [-0.05, 0) is 47.7 Å². The molecule has 3 rings (SSSR count). The van der Waals surface area contributed by atoms with Crippen molar-refractivity contribution in [1.29, 1.82) is 0 Å². The molecule has 2 unspecified atom stereocenters. The van der Waals surface area contributed by atoms with E-state index < -0.39 is 0 Å². The number of benzene rings is 2. The Hall–Kier alpha value is -3.02. The summed E-state index contributed by atoms with van der Waals surface area (Å²) in [6.45, 7) is 8.15. The molecule has 0 radical (unpaired) electrons. The van der Waals surface area contributed by atoms with Gasteiger partial charge in [0.25, 0.3) is 0 Å². The molecule has 1 fully saturated rings. The van der Waals surface area contributed by atoms with Crippen LogP contribution in [0.15, 0.2) is 48.5 Å². The van der Waals surface area contributed by atoms with E-state index in [9.17, 15) is 9.18 Å². The molecule has 1 aliphatic heterocycles. The molecular weight excluding hydrogens is 373 g/mol. The van der Waals surface area contributed by atoms with E-state index in [0.717, 1.165) is 30.8 Å². The van der Waals surface area contributed by atoms with Crippen molar-refractivity contribution in [2.75, 3.05) is 25.1 Å². The SMILES string of the molecule is C=O.C=O.COC(=O)Cc1cccc(C2CN(c3ccc(F)cc3)CCC2C)c1.